The average molecular weight is 173 g/mol. The molecule has 0 aromatic rings. The van der Waals surface area contributed by atoms with Crippen molar-refractivity contribution in [1.82, 2.24) is 10.4 Å². The number of nitrogens with zero attached hydrogens (tertiary/aromatic N) is 2. The van der Waals surface area contributed by atoms with Gasteiger partial charge < -0.3 is 0 Å². The number of thioether (sulfide) groups is 1. The van der Waals surface area contributed by atoms with E-state index in [1.54, 1.807) is 11.8 Å². The summed E-state index contributed by atoms with van der Waals surface area (Å²) in [6, 6.07) is 0. The molecule has 1 atom stereocenters. The van der Waals surface area contributed by atoms with E-state index in [4.69, 9.17) is 0 Å². The van der Waals surface area contributed by atoms with Gasteiger partial charge in [0.25, 0.3) is 0 Å². The topological polar surface area (TPSA) is 27.6 Å². The largest absolute Gasteiger partial charge is 0.298 e. The van der Waals surface area contributed by atoms with Crippen molar-refractivity contribution >= 4 is 16.9 Å². The van der Waals surface area contributed by atoms with Crippen LogP contribution in [0.25, 0.3) is 0 Å². The van der Waals surface area contributed by atoms with Crippen LogP contribution in [0.4, 0.5) is 0 Å². The first-order chi connectivity index (χ1) is 5.18. The maximum Gasteiger partial charge on any atom is 0.171 e. The summed E-state index contributed by atoms with van der Waals surface area (Å²) in [5.41, 5.74) is 3.15. The number of hydrogen-bond donors (Lipinski definition) is 1. The van der Waals surface area contributed by atoms with E-state index in [0.717, 1.165) is 17.6 Å². The molecule has 1 rings (SSSR count). The number of amidine groups is 1. The number of hydrazine groups is 1. The molecule has 1 unspecified atom stereocenters. The Kier molecular flexibility index (Phi) is 3.20. The SMILES string of the molecule is CC1CN=C(NN(C)C)SC1. The van der Waals surface area contributed by atoms with Crippen LogP contribution in [0.1, 0.15) is 6.92 Å². The highest BCUT2D eigenvalue weighted by Crippen LogP contribution is 2.15. The first-order valence-electron chi connectivity index (χ1n) is 3.79. The van der Waals surface area contributed by atoms with Gasteiger partial charge in [-0.25, -0.2) is 5.01 Å². The quantitative estimate of drug-likeness (QED) is 0.594. The Morgan fingerprint density at radius 1 is 1.64 bits per heavy atom. The van der Waals surface area contributed by atoms with Crippen LogP contribution in [0, 0.1) is 5.92 Å². The third-order valence-corrected chi connectivity index (χ3v) is 2.60. The second-order valence-electron chi connectivity index (χ2n) is 3.07. The van der Waals surface area contributed by atoms with Gasteiger partial charge in [0.15, 0.2) is 5.17 Å². The van der Waals surface area contributed by atoms with Crippen molar-refractivity contribution in [2.24, 2.45) is 10.9 Å². The fraction of sp³-hybridized carbons (Fsp3) is 0.857. The minimum absolute atomic E-state index is 0.729. The molecule has 0 saturated carbocycles. The summed E-state index contributed by atoms with van der Waals surface area (Å²) >= 11 is 1.80. The molecule has 0 aromatic carbocycles. The van der Waals surface area contributed by atoms with Crippen molar-refractivity contribution in [3.05, 3.63) is 0 Å². The Morgan fingerprint density at radius 3 is 2.82 bits per heavy atom. The van der Waals surface area contributed by atoms with E-state index in [-0.39, 0.29) is 0 Å². The molecule has 0 saturated heterocycles. The van der Waals surface area contributed by atoms with E-state index in [0.29, 0.717) is 0 Å². The molecule has 0 radical (unpaired) electrons. The van der Waals surface area contributed by atoms with Crippen molar-refractivity contribution in [1.29, 1.82) is 0 Å². The predicted molar refractivity (Wildman–Crippen MR) is 50.7 cm³/mol. The van der Waals surface area contributed by atoms with Gasteiger partial charge in [0, 0.05) is 26.4 Å². The molecule has 0 spiro atoms. The van der Waals surface area contributed by atoms with E-state index in [9.17, 15) is 0 Å². The molecule has 64 valence electrons. The molecule has 0 amide bonds. The Hall–Kier alpha value is -0.220. The summed E-state index contributed by atoms with van der Waals surface area (Å²) in [5.74, 6) is 1.91. The zero-order valence-corrected chi connectivity index (χ0v) is 8.11. The minimum atomic E-state index is 0.729. The van der Waals surface area contributed by atoms with Crippen molar-refractivity contribution in [2.75, 3.05) is 26.4 Å². The molecule has 0 fully saturated rings. The van der Waals surface area contributed by atoms with Crippen LogP contribution in [-0.2, 0) is 0 Å². The number of rotatable bonds is 1. The lowest BCUT2D eigenvalue weighted by Crippen LogP contribution is -2.36. The van der Waals surface area contributed by atoms with E-state index in [2.05, 4.69) is 17.3 Å². The van der Waals surface area contributed by atoms with Crippen LogP contribution in [-0.4, -0.2) is 36.6 Å². The maximum absolute atomic E-state index is 4.38. The fourth-order valence-corrected chi connectivity index (χ4v) is 1.78. The van der Waals surface area contributed by atoms with Crippen molar-refractivity contribution in [3.63, 3.8) is 0 Å². The molecule has 0 bridgehead atoms. The lowest BCUT2D eigenvalue weighted by Gasteiger charge is -2.20. The molecular formula is C7H15N3S. The lowest BCUT2D eigenvalue weighted by molar-refractivity contribution is 0.364. The van der Waals surface area contributed by atoms with Gasteiger partial charge in [0.2, 0.25) is 0 Å². The molecule has 1 heterocycles. The van der Waals surface area contributed by atoms with E-state index in [1.807, 2.05) is 19.1 Å². The van der Waals surface area contributed by atoms with Crippen molar-refractivity contribution in [3.8, 4) is 0 Å². The van der Waals surface area contributed by atoms with Crippen LogP contribution in [0.3, 0.4) is 0 Å². The van der Waals surface area contributed by atoms with Crippen molar-refractivity contribution in [2.45, 2.75) is 6.92 Å². The average Bonchev–Trinajstić information content (AvgIpc) is 1.93. The smallest absolute Gasteiger partial charge is 0.171 e. The zero-order valence-electron chi connectivity index (χ0n) is 7.29. The summed E-state index contributed by atoms with van der Waals surface area (Å²) in [6.45, 7) is 3.19. The highest BCUT2D eigenvalue weighted by Gasteiger charge is 2.11. The second kappa shape index (κ2) is 3.97. The molecule has 0 aliphatic carbocycles. The molecule has 4 heteroatoms. The van der Waals surface area contributed by atoms with E-state index in [1.165, 1.54) is 5.75 Å². The predicted octanol–water partition coefficient (Wildman–Crippen LogP) is 0.792. The minimum Gasteiger partial charge on any atom is -0.298 e. The Bertz CT molecular complexity index is 156. The van der Waals surface area contributed by atoms with Gasteiger partial charge in [-0.3, -0.25) is 10.4 Å². The monoisotopic (exact) mass is 173 g/mol. The summed E-state index contributed by atoms with van der Waals surface area (Å²) in [7, 11) is 3.95. The maximum atomic E-state index is 4.38. The van der Waals surface area contributed by atoms with Gasteiger partial charge in [0.1, 0.15) is 0 Å². The van der Waals surface area contributed by atoms with Crippen molar-refractivity contribution < 1.29 is 0 Å². The first kappa shape index (κ1) is 8.87. The number of nitrogens with one attached hydrogen (secondary N) is 1. The van der Waals surface area contributed by atoms with Gasteiger partial charge in [0.05, 0.1) is 0 Å². The molecule has 0 aromatic heterocycles. The van der Waals surface area contributed by atoms with Gasteiger partial charge in [-0.1, -0.05) is 18.7 Å². The third-order valence-electron chi connectivity index (χ3n) is 1.37. The normalized spacial score (nSPS) is 25.1. The summed E-state index contributed by atoms with van der Waals surface area (Å²) in [4.78, 5) is 4.38. The molecule has 1 aliphatic rings. The van der Waals surface area contributed by atoms with Crippen LogP contribution >= 0.6 is 11.8 Å². The summed E-state index contributed by atoms with van der Waals surface area (Å²) in [5, 5.41) is 2.97. The van der Waals surface area contributed by atoms with Gasteiger partial charge in [-0.05, 0) is 5.92 Å². The van der Waals surface area contributed by atoms with Crippen LogP contribution in [0.15, 0.2) is 4.99 Å². The van der Waals surface area contributed by atoms with Crippen LogP contribution in [0.2, 0.25) is 0 Å². The molecule has 3 nitrogen and oxygen atoms in total. The fourth-order valence-electron chi connectivity index (χ4n) is 0.817. The van der Waals surface area contributed by atoms with Crippen LogP contribution < -0.4 is 5.43 Å². The second-order valence-corrected chi connectivity index (χ2v) is 4.08. The van der Waals surface area contributed by atoms with Gasteiger partial charge in [-0.2, -0.15) is 0 Å². The zero-order chi connectivity index (χ0) is 8.27. The highest BCUT2D eigenvalue weighted by molar-refractivity contribution is 8.13. The third kappa shape index (κ3) is 3.12. The summed E-state index contributed by atoms with van der Waals surface area (Å²) < 4.78 is 0. The van der Waals surface area contributed by atoms with E-state index < -0.39 is 0 Å². The Balaban J connectivity index is 2.35. The number of aliphatic imine (C=N–C) groups is 1. The molecule has 1 N–H and O–H groups in total. The molecule has 1 aliphatic heterocycles. The van der Waals surface area contributed by atoms with Crippen LogP contribution in [0.5, 0.6) is 0 Å². The standard InChI is InChI=1S/C7H15N3S/c1-6-4-8-7(11-5-6)9-10(2)3/h6H,4-5H2,1-3H3,(H,8,9). The molecule has 11 heavy (non-hydrogen) atoms. The number of hydrogen-bond acceptors (Lipinski definition) is 4. The lowest BCUT2D eigenvalue weighted by atomic mass is 10.2. The summed E-state index contributed by atoms with van der Waals surface area (Å²) in [6.07, 6.45) is 0. The van der Waals surface area contributed by atoms with E-state index >= 15 is 0 Å². The Labute approximate surface area is 72.2 Å². The first-order valence-corrected chi connectivity index (χ1v) is 4.78. The Morgan fingerprint density at radius 2 is 2.36 bits per heavy atom. The van der Waals surface area contributed by atoms with Gasteiger partial charge in [-0.15, -0.1) is 0 Å². The highest BCUT2D eigenvalue weighted by atomic mass is 32.2. The van der Waals surface area contributed by atoms with Gasteiger partial charge >= 0.3 is 0 Å². The molecular weight excluding hydrogens is 158 g/mol.